The van der Waals surface area contributed by atoms with Crippen LogP contribution in [0.4, 0.5) is 0 Å². The van der Waals surface area contributed by atoms with E-state index in [1.807, 2.05) is 6.92 Å². The van der Waals surface area contributed by atoms with Gasteiger partial charge in [0.1, 0.15) is 5.15 Å². The number of carbonyl (C=O) groups excluding carboxylic acids is 1. The molecule has 0 aliphatic heterocycles. The molecule has 1 unspecified atom stereocenters. The standard InChI is InChI=1S/C14H18Cl2N2O3/c1-2-9(3-4-13(19)20)5-6-17-14(21)10-7-12(16)18-8-11(10)15/h7-9H,2-6H2,1H3,(H,17,21)(H,19,20). The molecule has 1 heterocycles. The highest BCUT2D eigenvalue weighted by Crippen LogP contribution is 2.18. The van der Waals surface area contributed by atoms with Crippen LogP contribution in [0.15, 0.2) is 12.3 Å². The number of aromatic nitrogens is 1. The Labute approximate surface area is 133 Å². The van der Waals surface area contributed by atoms with Crippen LogP contribution >= 0.6 is 23.2 Å². The number of aliphatic carboxylic acids is 1. The number of halogens is 2. The third kappa shape index (κ3) is 6.31. The zero-order chi connectivity index (χ0) is 15.8. The van der Waals surface area contributed by atoms with Gasteiger partial charge in [-0.3, -0.25) is 9.59 Å². The Morgan fingerprint density at radius 1 is 1.38 bits per heavy atom. The van der Waals surface area contributed by atoms with E-state index in [9.17, 15) is 9.59 Å². The van der Waals surface area contributed by atoms with Gasteiger partial charge >= 0.3 is 5.97 Å². The lowest BCUT2D eigenvalue weighted by Gasteiger charge is -2.14. The molecule has 0 saturated carbocycles. The second-order valence-corrected chi connectivity index (χ2v) is 5.53. The molecule has 0 radical (unpaired) electrons. The Hall–Kier alpha value is -1.33. The van der Waals surface area contributed by atoms with E-state index >= 15 is 0 Å². The Morgan fingerprint density at radius 2 is 2.10 bits per heavy atom. The van der Waals surface area contributed by atoms with Crippen molar-refractivity contribution in [1.82, 2.24) is 10.3 Å². The van der Waals surface area contributed by atoms with Gasteiger partial charge in [-0.1, -0.05) is 36.5 Å². The smallest absolute Gasteiger partial charge is 0.303 e. The molecule has 0 aliphatic carbocycles. The van der Waals surface area contributed by atoms with Crippen LogP contribution in [0.2, 0.25) is 10.2 Å². The topological polar surface area (TPSA) is 79.3 Å². The highest BCUT2D eigenvalue weighted by Gasteiger charge is 2.13. The number of hydrogen-bond donors (Lipinski definition) is 2. The molecule has 1 aromatic heterocycles. The van der Waals surface area contributed by atoms with Crippen LogP contribution in [-0.2, 0) is 4.79 Å². The summed E-state index contributed by atoms with van der Waals surface area (Å²) in [6.07, 6.45) is 3.71. The molecule has 0 bridgehead atoms. The maximum Gasteiger partial charge on any atom is 0.303 e. The third-order valence-electron chi connectivity index (χ3n) is 3.25. The van der Waals surface area contributed by atoms with Gasteiger partial charge in [0.15, 0.2) is 0 Å². The molecule has 1 atom stereocenters. The average Bonchev–Trinajstić information content (AvgIpc) is 2.44. The summed E-state index contributed by atoms with van der Waals surface area (Å²) < 4.78 is 0. The number of hydrogen-bond acceptors (Lipinski definition) is 3. The van der Waals surface area contributed by atoms with Crippen LogP contribution in [0, 0.1) is 5.92 Å². The molecule has 21 heavy (non-hydrogen) atoms. The van der Waals surface area contributed by atoms with E-state index in [0.717, 1.165) is 12.8 Å². The molecule has 1 amide bonds. The van der Waals surface area contributed by atoms with Crippen molar-refractivity contribution in [2.45, 2.75) is 32.6 Å². The summed E-state index contributed by atoms with van der Waals surface area (Å²) in [5.74, 6) is -0.828. The van der Waals surface area contributed by atoms with Crippen molar-refractivity contribution in [3.63, 3.8) is 0 Å². The fourth-order valence-electron chi connectivity index (χ4n) is 1.95. The molecule has 0 aromatic carbocycles. The zero-order valence-electron chi connectivity index (χ0n) is 11.7. The largest absolute Gasteiger partial charge is 0.481 e. The van der Waals surface area contributed by atoms with Crippen molar-refractivity contribution in [3.8, 4) is 0 Å². The van der Waals surface area contributed by atoms with Crippen molar-refractivity contribution in [2.24, 2.45) is 5.92 Å². The molecular weight excluding hydrogens is 315 g/mol. The van der Waals surface area contributed by atoms with Gasteiger partial charge in [-0.25, -0.2) is 4.98 Å². The SMILES string of the molecule is CCC(CCNC(=O)c1cc(Cl)ncc1Cl)CCC(=O)O. The van der Waals surface area contributed by atoms with E-state index in [1.165, 1.54) is 12.3 Å². The minimum absolute atomic E-state index is 0.151. The van der Waals surface area contributed by atoms with E-state index in [2.05, 4.69) is 10.3 Å². The molecule has 0 saturated heterocycles. The van der Waals surface area contributed by atoms with Crippen LogP contribution in [0.5, 0.6) is 0 Å². The minimum Gasteiger partial charge on any atom is -0.481 e. The van der Waals surface area contributed by atoms with Crippen molar-refractivity contribution in [3.05, 3.63) is 28.0 Å². The number of carboxylic acids is 1. The molecule has 0 spiro atoms. The summed E-state index contributed by atoms with van der Waals surface area (Å²) in [7, 11) is 0. The molecule has 1 rings (SSSR count). The van der Waals surface area contributed by atoms with Crippen molar-refractivity contribution >= 4 is 35.1 Å². The van der Waals surface area contributed by atoms with Crippen LogP contribution < -0.4 is 5.32 Å². The van der Waals surface area contributed by atoms with Crippen molar-refractivity contribution in [1.29, 1.82) is 0 Å². The Kier molecular flexibility index (Phi) is 7.47. The monoisotopic (exact) mass is 332 g/mol. The van der Waals surface area contributed by atoms with Gasteiger partial charge < -0.3 is 10.4 Å². The molecule has 116 valence electrons. The van der Waals surface area contributed by atoms with Crippen LogP contribution in [0.25, 0.3) is 0 Å². The zero-order valence-corrected chi connectivity index (χ0v) is 13.2. The summed E-state index contributed by atoms with van der Waals surface area (Å²) in [4.78, 5) is 26.3. The number of pyridine rings is 1. The van der Waals surface area contributed by atoms with E-state index in [4.69, 9.17) is 28.3 Å². The lowest BCUT2D eigenvalue weighted by atomic mass is 9.96. The molecule has 0 fully saturated rings. The second-order valence-electron chi connectivity index (χ2n) is 4.74. The summed E-state index contributed by atoms with van der Waals surface area (Å²) in [6, 6.07) is 1.42. The number of rotatable bonds is 8. The summed E-state index contributed by atoms with van der Waals surface area (Å²) >= 11 is 11.6. The Bertz CT molecular complexity index is 509. The maximum atomic E-state index is 12.0. The third-order valence-corrected chi connectivity index (χ3v) is 3.76. The minimum atomic E-state index is -0.796. The summed E-state index contributed by atoms with van der Waals surface area (Å²) in [5.41, 5.74) is 0.287. The molecule has 7 heteroatoms. The summed E-state index contributed by atoms with van der Waals surface area (Å²) in [6.45, 7) is 2.47. The first-order valence-electron chi connectivity index (χ1n) is 6.75. The first-order chi connectivity index (χ1) is 9.93. The Balaban J connectivity index is 2.45. The number of nitrogens with one attached hydrogen (secondary N) is 1. The molecular formula is C14H18Cl2N2O3. The van der Waals surface area contributed by atoms with Crippen LogP contribution in [-0.4, -0.2) is 28.5 Å². The van der Waals surface area contributed by atoms with Gasteiger partial charge in [0, 0.05) is 19.2 Å². The Morgan fingerprint density at radius 3 is 2.71 bits per heavy atom. The predicted molar refractivity (Wildman–Crippen MR) is 81.9 cm³/mol. The van der Waals surface area contributed by atoms with Crippen molar-refractivity contribution < 1.29 is 14.7 Å². The quantitative estimate of drug-likeness (QED) is 0.715. The van der Waals surface area contributed by atoms with Gasteiger partial charge in [0.2, 0.25) is 0 Å². The number of carboxylic acid groups (broad SMARTS) is 1. The normalized spacial score (nSPS) is 12.0. The van der Waals surface area contributed by atoms with Gasteiger partial charge in [0.05, 0.1) is 10.6 Å². The van der Waals surface area contributed by atoms with E-state index in [1.54, 1.807) is 0 Å². The maximum absolute atomic E-state index is 12.0. The molecule has 1 aromatic rings. The highest BCUT2D eigenvalue weighted by molar-refractivity contribution is 6.35. The molecule has 2 N–H and O–H groups in total. The average molecular weight is 333 g/mol. The second kappa shape index (κ2) is 8.85. The highest BCUT2D eigenvalue weighted by atomic mass is 35.5. The molecule has 5 nitrogen and oxygen atoms in total. The number of carbonyl (C=O) groups is 2. The van der Waals surface area contributed by atoms with Gasteiger partial charge in [-0.15, -0.1) is 0 Å². The van der Waals surface area contributed by atoms with Crippen molar-refractivity contribution in [2.75, 3.05) is 6.54 Å². The van der Waals surface area contributed by atoms with Gasteiger partial charge in [-0.2, -0.15) is 0 Å². The van der Waals surface area contributed by atoms with Gasteiger partial charge in [-0.05, 0) is 24.8 Å². The lowest BCUT2D eigenvalue weighted by Crippen LogP contribution is -2.26. The van der Waals surface area contributed by atoms with Gasteiger partial charge in [0.25, 0.3) is 5.91 Å². The lowest BCUT2D eigenvalue weighted by molar-refractivity contribution is -0.137. The van der Waals surface area contributed by atoms with E-state index in [0.29, 0.717) is 13.0 Å². The predicted octanol–water partition coefficient (Wildman–Crippen LogP) is 3.40. The van der Waals surface area contributed by atoms with Crippen LogP contribution in [0.1, 0.15) is 43.0 Å². The number of amides is 1. The molecule has 0 aliphatic rings. The van der Waals surface area contributed by atoms with E-state index < -0.39 is 5.97 Å². The summed E-state index contributed by atoms with van der Waals surface area (Å²) in [5, 5.41) is 11.9. The van der Waals surface area contributed by atoms with Crippen LogP contribution in [0.3, 0.4) is 0 Å². The number of nitrogens with zero attached hydrogens (tertiary/aromatic N) is 1. The first-order valence-corrected chi connectivity index (χ1v) is 7.50. The first kappa shape index (κ1) is 17.7. The fraction of sp³-hybridized carbons (Fsp3) is 0.500. The van der Waals surface area contributed by atoms with E-state index in [-0.39, 0.29) is 34.0 Å². The fourth-order valence-corrected chi connectivity index (χ4v) is 2.30.